The largest absolute Gasteiger partial charge is 0.264 e. The maximum absolute atomic E-state index is 4.61. The van der Waals surface area contributed by atoms with Crippen LogP contribution in [0.3, 0.4) is 0 Å². The zero-order valence-corrected chi connectivity index (χ0v) is 28.2. The first-order valence-corrected chi connectivity index (χ1v) is 16.8. The van der Waals surface area contributed by atoms with Gasteiger partial charge in [0.1, 0.15) is 0 Å². The summed E-state index contributed by atoms with van der Waals surface area (Å²) in [7, 11) is 0. The van der Waals surface area contributed by atoms with Gasteiger partial charge in [-0.05, 0) is 119 Å². The molecule has 2 aliphatic rings. The summed E-state index contributed by atoms with van der Waals surface area (Å²) in [6, 6.07) is 28.5. The third-order valence-corrected chi connectivity index (χ3v) is 9.25. The fourth-order valence-electron chi connectivity index (χ4n) is 6.93. The highest BCUT2D eigenvalue weighted by Gasteiger charge is 2.39. The van der Waals surface area contributed by atoms with Gasteiger partial charge in [0.25, 0.3) is 0 Å². The van der Waals surface area contributed by atoms with E-state index in [4.69, 9.17) is 0 Å². The van der Waals surface area contributed by atoms with Gasteiger partial charge < -0.3 is 0 Å². The zero-order chi connectivity index (χ0) is 33.8. The number of hydrogen-bond acceptors (Lipinski definition) is 1. The number of rotatable bonds is 9. The summed E-state index contributed by atoms with van der Waals surface area (Å²) in [6.07, 6.45) is 32.3. The standard InChI is InChI=1S/C44H41N.C3H4/c1-4-5-18-35-19-12-13-25-40(35)34(3)33(2)36-20-15-21-37(31-36)41-27-16-28-43-42(41)26-11-6-7-14-29-44(43,38-22-9-8-10-23-38)39-24-17-30-45-32-39;1-3-2/h4,6-7,9,11-17,19-25,27-28,30-32H,1-3,5,8,10,18,26,29H2;1H,2H3/b11-6-,14-7-;. The molecular weight excluding hydrogens is 579 g/mol. The Kier molecular flexibility index (Phi) is 11.6. The number of pyridine rings is 1. The molecule has 1 heterocycles. The Bertz CT molecular complexity index is 1940. The fraction of sp³-hybridized carbons (Fsp3) is 0.170. The molecule has 1 heteroatoms. The first kappa shape index (κ1) is 33.9. The molecule has 0 N–H and O–H groups in total. The van der Waals surface area contributed by atoms with Crippen molar-refractivity contribution in [3.8, 4) is 23.5 Å². The maximum atomic E-state index is 4.61. The highest BCUT2D eigenvalue weighted by molar-refractivity contribution is 6.04. The average molecular weight is 624 g/mol. The summed E-state index contributed by atoms with van der Waals surface area (Å²) in [5, 5.41) is 0. The monoisotopic (exact) mass is 623 g/mol. The topological polar surface area (TPSA) is 12.9 Å². The van der Waals surface area contributed by atoms with Crippen LogP contribution in [-0.2, 0) is 18.3 Å². The normalized spacial score (nSPS) is 17.8. The van der Waals surface area contributed by atoms with Gasteiger partial charge in [-0.3, -0.25) is 4.98 Å². The van der Waals surface area contributed by atoms with Crippen molar-refractivity contribution in [3.63, 3.8) is 0 Å². The van der Waals surface area contributed by atoms with Gasteiger partial charge in [-0.1, -0.05) is 128 Å². The molecule has 48 heavy (non-hydrogen) atoms. The molecule has 0 aliphatic heterocycles. The van der Waals surface area contributed by atoms with Crippen LogP contribution in [0.1, 0.15) is 66.0 Å². The van der Waals surface area contributed by atoms with Crippen molar-refractivity contribution >= 4 is 11.1 Å². The molecule has 6 rings (SSSR count). The summed E-state index contributed by atoms with van der Waals surface area (Å²) < 4.78 is 0. The Hall–Kier alpha value is -5.45. The predicted molar refractivity (Wildman–Crippen MR) is 207 cm³/mol. The van der Waals surface area contributed by atoms with E-state index < -0.39 is 0 Å². The van der Waals surface area contributed by atoms with Gasteiger partial charge in [-0.15, -0.1) is 18.9 Å². The SMILES string of the molecule is C#CC.C=CCCc1ccccc1C(=C)C(=C)c1cccc(-c2cccc3c2C/C=C\C=C/CC3(C2=CCCC=C2)c2cccnc2)c1. The molecular formula is C47H45N. The molecule has 2 aliphatic carbocycles. The Morgan fingerprint density at radius 3 is 2.50 bits per heavy atom. The average Bonchev–Trinajstić information content (AvgIpc) is 3.24. The summed E-state index contributed by atoms with van der Waals surface area (Å²) in [4.78, 5) is 4.61. The number of nitrogens with zero attached hydrogens (tertiary/aromatic N) is 1. The minimum absolute atomic E-state index is 0.344. The highest BCUT2D eigenvalue weighted by atomic mass is 14.6. The second kappa shape index (κ2) is 16.4. The van der Waals surface area contributed by atoms with E-state index in [0.29, 0.717) is 0 Å². The zero-order valence-electron chi connectivity index (χ0n) is 28.2. The van der Waals surface area contributed by atoms with Crippen LogP contribution in [0.5, 0.6) is 0 Å². The van der Waals surface area contributed by atoms with Crippen molar-refractivity contribution in [1.82, 2.24) is 4.98 Å². The van der Waals surface area contributed by atoms with Crippen LogP contribution in [0.15, 0.2) is 165 Å². The number of aromatic nitrogens is 1. The summed E-state index contributed by atoms with van der Waals surface area (Å²) in [6.45, 7) is 14.6. The van der Waals surface area contributed by atoms with Crippen LogP contribution in [0, 0.1) is 12.3 Å². The summed E-state index contributed by atoms with van der Waals surface area (Å²) in [5.74, 6) is 2.25. The Morgan fingerprint density at radius 2 is 1.73 bits per heavy atom. The van der Waals surface area contributed by atoms with E-state index in [-0.39, 0.29) is 5.41 Å². The van der Waals surface area contributed by atoms with Gasteiger partial charge in [0.15, 0.2) is 0 Å². The van der Waals surface area contributed by atoms with Crippen molar-refractivity contribution < 1.29 is 0 Å². The van der Waals surface area contributed by atoms with E-state index in [0.717, 1.165) is 60.8 Å². The minimum Gasteiger partial charge on any atom is -0.264 e. The molecule has 0 radical (unpaired) electrons. The Labute approximate surface area is 288 Å². The Balaban J connectivity index is 0.00000145. The number of benzene rings is 3. The minimum atomic E-state index is -0.344. The van der Waals surface area contributed by atoms with Gasteiger partial charge in [0.2, 0.25) is 0 Å². The smallest absolute Gasteiger partial charge is 0.0500 e. The fourth-order valence-corrected chi connectivity index (χ4v) is 6.93. The van der Waals surface area contributed by atoms with Gasteiger partial charge in [-0.25, -0.2) is 0 Å². The summed E-state index contributed by atoms with van der Waals surface area (Å²) >= 11 is 0. The van der Waals surface area contributed by atoms with E-state index in [1.54, 1.807) is 6.92 Å². The molecule has 0 saturated carbocycles. The quantitative estimate of drug-likeness (QED) is 0.103. The van der Waals surface area contributed by atoms with Gasteiger partial charge in [0.05, 0.1) is 5.41 Å². The van der Waals surface area contributed by atoms with Crippen molar-refractivity contribution in [2.45, 2.75) is 50.9 Å². The first-order chi connectivity index (χ1) is 23.5. The van der Waals surface area contributed by atoms with Crippen molar-refractivity contribution in [1.29, 1.82) is 0 Å². The second-order valence-electron chi connectivity index (χ2n) is 12.2. The molecule has 1 nitrogen and oxygen atoms in total. The van der Waals surface area contributed by atoms with Gasteiger partial charge >= 0.3 is 0 Å². The Morgan fingerprint density at radius 1 is 0.917 bits per heavy atom. The van der Waals surface area contributed by atoms with Crippen molar-refractivity contribution in [3.05, 3.63) is 199 Å². The highest BCUT2D eigenvalue weighted by Crippen LogP contribution is 2.48. The number of allylic oxidation sites excluding steroid dienone is 11. The van der Waals surface area contributed by atoms with E-state index in [1.807, 2.05) is 12.3 Å². The molecule has 0 saturated heterocycles. The number of fused-ring (bicyclic) bond motifs is 1. The lowest BCUT2D eigenvalue weighted by Crippen LogP contribution is -2.31. The number of aryl methyl sites for hydroxylation is 1. The lowest BCUT2D eigenvalue weighted by Gasteiger charge is -2.38. The van der Waals surface area contributed by atoms with E-state index in [9.17, 15) is 0 Å². The van der Waals surface area contributed by atoms with Crippen LogP contribution in [0.4, 0.5) is 0 Å². The van der Waals surface area contributed by atoms with E-state index >= 15 is 0 Å². The van der Waals surface area contributed by atoms with Gasteiger partial charge in [-0.2, -0.15) is 0 Å². The van der Waals surface area contributed by atoms with E-state index in [1.165, 1.54) is 39.0 Å². The molecule has 4 aromatic rings. The lowest BCUT2D eigenvalue weighted by molar-refractivity contribution is 0.611. The molecule has 3 aromatic carbocycles. The molecule has 0 bridgehead atoms. The van der Waals surface area contributed by atoms with Crippen molar-refractivity contribution in [2.24, 2.45) is 0 Å². The molecule has 1 atom stereocenters. The summed E-state index contributed by atoms with van der Waals surface area (Å²) in [5.41, 5.74) is 12.8. The molecule has 0 fully saturated rings. The van der Waals surface area contributed by atoms with Crippen LogP contribution in [-0.4, -0.2) is 4.98 Å². The van der Waals surface area contributed by atoms with Gasteiger partial charge in [0, 0.05) is 12.4 Å². The second-order valence-corrected chi connectivity index (χ2v) is 12.2. The molecule has 1 aromatic heterocycles. The van der Waals surface area contributed by atoms with Crippen LogP contribution >= 0.6 is 0 Å². The third kappa shape index (κ3) is 7.25. The molecule has 0 amide bonds. The van der Waals surface area contributed by atoms with Crippen LogP contribution < -0.4 is 0 Å². The van der Waals surface area contributed by atoms with Crippen molar-refractivity contribution in [2.75, 3.05) is 0 Å². The van der Waals surface area contributed by atoms with Crippen LogP contribution in [0.2, 0.25) is 0 Å². The molecule has 1 unspecified atom stereocenters. The molecule has 0 spiro atoms. The van der Waals surface area contributed by atoms with Crippen LogP contribution in [0.25, 0.3) is 22.3 Å². The molecule has 238 valence electrons. The lowest BCUT2D eigenvalue weighted by atomic mass is 9.64. The number of hydrogen-bond donors (Lipinski definition) is 0. The predicted octanol–water partition coefficient (Wildman–Crippen LogP) is 11.9. The maximum Gasteiger partial charge on any atom is 0.0500 e. The number of terminal acetylenes is 1. The first-order valence-electron chi connectivity index (χ1n) is 16.8. The third-order valence-electron chi connectivity index (χ3n) is 9.25. The van der Waals surface area contributed by atoms with E-state index in [2.05, 4.69) is 165 Å².